The molecule has 0 spiro atoms. The van der Waals surface area contributed by atoms with E-state index in [4.69, 9.17) is 11.6 Å². The minimum atomic E-state index is -0.827. The molecular weight excluding hydrogens is 620 g/mol. The van der Waals surface area contributed by atoms with Gasteiger partial charge in [0.25, 0.3) is 0 Å². The highest BCUT2D eigenvalue weighted by Crippen LogP contribution is 2.41. The normalized spacial score (nSPS) is 17.4. The highest BCUT2D eigenvalue weighted by atomic mass is 35.5. The zero-order valence-electron chi connectivity index (χ0n) is 28.8. The lowest BCUT2D eigenvalue weighted by Gasteiger charge is -2.40. The van der Waals surface area contributed by atoms with Crippen LogP contribution >= 0.6 is 11.6 Å². The van der Waals surface area contributed by atoms with Gasteiger partial charge in [0.2, 0.25) is 11.8 Å². The van der Waals surface area contributed by atoms with Crippen molar-refractivity contribution in [3.8, 4) is 0 Å². The van der Waals surface area contributed by atoms with Gasteiger partial charge < -0.3 is 25.1 Å². The monoisotopic (exact) mass is 672 g/mol. The molecular formula is C40H53ClN4O3. The first-order valence-electron chi connectivity index (χ1n) is 17.7. The molecule has 3 aromatic carbocycles. The number of piperidine rings is 2. The van der Waals surface area contributed by atoms with Crippen LogP contribution in [0.15, 0.2) is 84.9 Å². The second-order valence-electron chi connectivity index (χ2n) is 14.1. The number of carbonyl (C=O) groups is 2. The van der Waals surface area contributed by atoms with Gasteiger partial charge in [-0.3, -0.25) is 9.59 Å². The van der Waals surface area contributed by atoms with Gasteiger partial charge in [-0.2, -0.15) is 0 Å². The quantitative estimate of drug-likeness (QED) is 0.213. The highest BCUT2D eigenvalue weighted by molar-refractivity contribution is 6.30. The van der Waals surface area contributed by atoms with Crippen molar-refractivity contribution >= 4 is 23.4 Å². The molecule has 2 heterocycles. The highest BCUT2D eigenvalue weighted by Gasteiger charge is 2.38. The lowest BCUT2D eigenvalue weighted by molar-refractivity contribution is -0.132. The van der Waals surface area contributed by atoms with E-state index in [2.05, 4.69) is 63.6 Å². The van der Waals surface area contributed by atoms with E-state index in [1.54, 1.807) is 0 Å². The first kappa shape index (κ1) is 36.1. The molecule has 0 radical (unpaired) electrons. The summed E-state index contributed by atoms with van der Waals surface area (Å²) in [6.07, 6.45) is 6.48. The van der Waals surface area contributed by atoms with Gasteiger partial charge in [-0.1, -0.05) is 84.4 Å². The fraction of sp³-hybridized carbons (Fsp3) is 0.500. The number of likely N-dealkylation sites (tertiary alicyclic amines) is 2. The van der Waals surface area contributed by atoms with E-state index >= 15 is 0 Å². The van der Waals surface area contributed by atoms with Crippen LogP contribution in [0.2, 0.25) is 5.02 Å². The van der Waals surface area contributed by atoms with Gasteiger partial charge in [0.1, 0.15) is 0 Å². The van der Waals surface area contributed by atoms with Crippen LogP contribution in [0.25, 0.3) is 0 Å². The molecule has 2 aliphatic rings. The lowest BCUT2D eigenvalue weighted by Crippen LogP contribution is -2.48. The second-order valence-corrected chi connectivity index (χ2v) is 14.5. The molecule has 2 fully saturated rings. The van der Waals surface area contributed by atoms with Crippen molar-refractivity contribution in [3.63, 3.8) is 0 Å². The molecule has 258 valence electrons. The third-order valence-electron chi connectivity index (χ3n) is 10.5. The van der Waals surface area contributed by atoms with E-state index in [0.29, 0.717) is 43.8 Å². The molecule has 8 heteroatoms. The summed E-state index contributed by atoms with van der Waals surface area (Å²) >= 11 is 6.09. The molecule has 3 aromatic rings. The summed E-state index contributed by atoms with van der Waals surface area (Å²) in [6, 6.07) is 28.6. The molecule has 0 bridgehead atoms. The van der Waals surface area contributed by atoms with Gasteiger partial charge >= 0.3 is 0 Å². The van der Waals surface area contributed by atoms with Crippen LogP contribution in [0, 0.1) is 0 Å². The fourth-order valence-corrected chi connectivity index (χ4v) is 7.72. The van der Waals surface area contributed by atoms with Crippen LogP contribution in [0.1, 0.15) is 74.5 Å². The number of halogens is 1. The minimum absolute atomic E-state index is 0.0597. The van der Waals surface area contributed by atoms with Gasteiger partial charge in [0.05, 0.1) is 5.60 Å². The smallest absolute Gasteiger partial charge is 0.222 e. The summed E-state index contributed by atoms with van der Waals surface area (Å²) < 4.78 is 0. The van der Waals surface area contributed by atoms with Gasteiger partial charge in [-0.15, -0.1) is 0 Å². The lowest BCUT2D eigenvalue weighted by atomic mass is 9.68. The number of benzene rings is 3. The summed E-state index contributed by atoms with van der Waals surface area (Å²) in [5.41, 5.74) is 1.93. The number of rotatable bonds is 14. The Kier molecular flexibility index (Phi) is 12.7. The third kappa shape index (κ3) is 9.47. The Morgan fingerprint density at radius 2 is 1.46 bits per heavy atom. The summed E-state index contributed by atoms with van der Waals surface area (Å²) in [5.74, 6) is 0.279. The van der Waals surface area contributed by atoms with Gasteiger partial charge in [0, 0.05) is 55.5 Å². The minimum Gasteiger partial charge on any atom is -0.385 e. The Labute approximate surface area is 292 Å². The maximum absolute atomic E-state index is 13.9. The van der Waals surface area contributed by atoms with Crippen LogP contribution in [0.3, 0.4) is 0 Å². The van der Waals surface area contributed by atoms with E-state index < -0.39 is 11.0 Å². The summed E-state index contributed by atoms with van der Waals surface area (Å²) in [4.78, 5) is 33.2. The number of nitrogens with one attached hydrogen (secondary N) is 1. The summed E-state index contributed by atoms with van der Waals surface area (Å²) in [5, 5.41) is 15.4. The molecule has 5 rings (SSSR count). The van der Waals surface area contributed by atoms with Crippen LogP contribution in [0.5, 0.6) is 0 Å². The molecule has 2 saturated heterocycles. The maximum atomic E-state index is 13.9. The van der Waals surface area contributed by atoms with E-state index in [-0.39, 0.29) is 17.9 Å². The van der Waals surface area contributed by atoms with Crippen molar-refractivity contribution in [2.75, 3.05) is 53.4 Å². The second kappa shape index (κ2) is 16.9. The number of aliphatic hydroxyl groups is 1. The van der Waals surface area contributed by atoms with Gasteiger partial charge in [-0.05, 0) is 101 Å². The van der Waals surface area contributed by atoms with Crippen molar-refractivity contribution in [1.29, 1.82) is 0 Å². The average molecular weight is 673 g/mol. The topological polar surface area (TPSA) is 76.1 Å². The molecule has 0 atom stereocenters. The van der Waals surface area contributed by atoms with Crippen molar-refractivity contribution in [2.24, 2.45) is 0 Å². The number of hydrogen-bond donors (Lipinski definition) is 2. The van der Waals surface area contributed by atoms with Crippen LogP contribution < -0.4 is 5.32 Å². The first-order valence-corrected chi connectivity index (χ1v) is 18.1. The summed E-state index contributed by atoms with van der Waals surface area (Å²) in [6.45, 7) is 4.84. The molecule has 7 nitrogen and oxygen atoms in total. The molecule has 0 saturated carbocycles. The van der Waals surface area contributed by atoms with Crippen molar-refractivity contribution < 1.29 is 14.7 Å². The number of carbonyl (C=O) groups excluding carboxylic acids is 2. The van der Waals surface area contributed by atoms with Crippen molar-refractivity contribution in [3.05, 3.63) is 107 Å². The molecule has 0 aliphatic carbocycles. The molecule has 2 aliphatic heterocycles. The van der Waals surface area contributed by atoms with E-state index in [1.807, 2.05) is 55.4 Å². The molecule has 0 unspecified atom stereocenters. The predicted octanol–water partition coefficient (Wildman–Crippen LogP) is 6.23. The predicted molar refractivity (Wildman–Crippen MR) is 194 cm³/mol. The molecule has 2 amide bonds. The number of amides is 2. The Bertz CT molecular complexity index is 1390. The van der Waals surface area contributed by atoms with Gasteiger partial charge in [0.15, 0.2) is 0 Å². The summed E-state index contributed by atoms with van der Waals surface area (Å²) in [7, 11) is 4.06. The van der Waals surface area contributed by atoms with E-state index in [9.17, 15) is 14.7 Å². The van der Waals surface area contributed by atoms with Crippen LogP contribution in [-0.2, 0) is 20.6 Å². The van der Waals surface area contributed by atoms with Gasteiger partial charge in [-0.25, -0.2) is 0 Å². The van der Waals surface area contributed by atoms with Crippen molar-refractivity contribution in [1.82, 2.24) is 20.0 Å². The van der Waals surface area contributed by atoms with Crippen LogP contribution in [0.4, 0.5) is 0 Å². The fourth-order valence-electron chi connectivity index (χ4n) is 7.59. The zero-order valence-corrected chi connectivity index (χ0v) is 29.5. The Hall–Kier alpha value is -3.23. The number of hydrogen-bond acceptors (Lipinski definition) is 5. The van der Waals surface area contributed by atoms with Crippen LogP contribution in [-0.4, -0.2) is 91.0 Å². The Balaban J connectivity index is 1.22. The van der Waals surface area contributed by atoms with Crippen molar-refractivity contribution in [2.45, 2.75) is 74.8 Å². The maximum Gasteiger partial charge on any atom is 0.222 e. The average Bonchev–Trinajstić information content (AvgIpc) is 3.10. The molecule has 2 N–H and O–H groups in total. The van der Waals surface area contributed by atoms with E-state index in [0.717, 1.165) is 75.0 Å². The largest absolute Gasteiger partial charge is 0.385 e. The SMILES string of the molecule is CN(C)CCCC(=O)N1CCC(NC(=O)CC(CCCN2CCC(O)(c3ccc(Cl)cc3)CC2)(c2ccccc2)c2ccccc2)CC1. The molecule has 0 aromatic heterocycles. The first-order chi connectivity index (χ1) is 23.2. The number of nitrogens with zero attached hydrogens (tertiary/aromatic N) is 3. The zero-order chi connectivity index (χ0) is 34.0. The standard InChI is InChI=1S/C40H53ClN4O3/c1-43(2)25-9-15-38(47)45-27-20-36(21-28-45)42-37(46)31-39(32-11-5-3-6-12-32,33-13-7-4-8-14-33)22-10-26-44-29-23-40(48,24-30-44)34-16-18-35(41)19-17-34/h3-8,11-14,16-19,36,48H,9-10,15,20-31H2,1-2H3,(H,42,46). The Morgan fingerprint density at radius 3 is 2.02 bits per heavy atom. The molecule has 48 heavy (non-hydrogen) atoms. The third-order valence-corrected chi connectivity index (χ3v) is 10.7. The Morgan fingerprint density at radius 1 is 0.875 bits per heavy atom. The van der Waals surface area contributed by atoms with E-state index in [1.165, 1.54) is 0 Å².